The Labute approximate surface area is 283 Å². The normalized spacial score (nSPS) is 23.2. The first-order chi connectivity index (χ1) is 23.4. The minimum Gasteiger partial charge on any atom is -0.389 e. The van der Waals surface area contributed by atoms with Gasteiger partial charge in [0.15, 0.2) is 22.9 Å². The first-order valence-electron chi connectivity index (χ1n) is 17.4. The van der Waals surface area contributed by atoms with Crippen LogP contribution in [0.4, 0.5) is 10.8 Å². The van der Waals surface area contributed by atoms with Crippen molar-refractivity contribution in [2.75, 3.05) is 30.8 Å². The van der Waals surface area contributed by atoms with Crippen molar-refractivity contribution < 1.29 is 4.52 Å². The molecular formula is C35H41N11OS. The van der Waals surface area contributed by atoms with Crippen LogP contribution in [0.25, 0.3) is 22.6 Å². The number of nitrogens with zero attached hydrogens (tertiary/aromatic N) is 9. The molecule has 0 radical (unpaired) electrons. The third-order valence-corrected chi connectivity index (χ3v) is 12.8. The van der Waals surface area contributed by atoms with Crippen molar-refractivity contribution in [1.29, 1.82) is 5.26 Å². The summed E-state index contributed by atoms with van der Waals surface area (Å²) in [5.41, 5.74) is 13.8. The highest BCUT2D eigenvalue weighted by atomic mass is 32.1. The Morgan fingerprint density at radius 2 is 1.98 bits per heavy atom. The molecule has 0 bridgehead atoms. The van der Waals surface area contributed by atoms with Gasteiger partial charge in [0.1, 0.15) is 16.9 Å². The van der Waals surface area contributed by atoms with E-state index in [-0.39, 0.29) is 6.04 Å². The molecule has 0 amide bonds. The molecular weight excluding hydrogens is 623 g/mol. The van der Waals surface area contributed by atoms with Crippen molar-refractivity contribution in [2.45, 2.75) is 102 Å². The van der Waals surface area contributed by atoms with Gasteiger partial charge in [-0.1, -0.05) is 5.16 Å². The molecule has 4 aliphatic rings. The second kappa shape index (κ2) is 11.1. The highest BCUT2D eigenvalue weighted by molar-refractivity contribution is 7.16. The van der Waals surface area contributed by atoms with Crippen LogP contribution in [0.5, 0.6) is 0 Å². The predicted octanol–water partition coefficient (Wildman–Crippen LogP) is 5.59. The minimum absolute atomic E-state index is 0.140. The molecule has 48 heavy (non-hydrogen) atoms. The molecule has 5 aromatic rings. The number of likely N-dealkylation sites (tertiary alicyclic amines) is 1. The van der Waals surface area contributed by atoms with E-state index in [0.29, 0.717) is 34.7 Å². The molecule has 2 aliphatic heterocycles. The lowest BCUT2D eigenvalue weighted by atomic mass is 9.63. The fourth-order valence-electron chi connectivity index (χ4n) is 9.29. The summed E-state index contributed by atoms with van der Waals surface area (Å²) < 4.78 is 8.50. The van der Waals surface area contributed by atoms with Gasteiger partial charge in [-0.2, -0.15) is 15.5 Å². The van der Waals surface area contributed by atoms with Gasteiger partial charge in [0.2, 0.25) is 0 Å². The third kappa shape index (κ3) is 4.31. The first-order valence-corrected chi connectivity index (χ1v) is 18.2. The molecule has 2 aliphatic carbocycles. The van der Waals surface area contributed by atoms with E-state index in [9.17, 15) is 5.26 Å². The lowest BCUT2D eigenvalue weighted by Gasteiger charge is -2.39. The van der Waals surface area contributed by atoms with Crippen LogP contribution < -0.4 is 10.6 Å². The second-order valence-corrected chi connectivity index (χ2v) is 15.4. The zero-order valence-corrected chi connectivity index (χ0v) is 28.7. The second-order valence-electron chi connectivity index (χ2n) is 14.3. The fraction of sp³-hybridized carbons (Fsp3) is 0.543. The summed E-state index contributed by atoms with van der Waals surface area (Å²) in [6.07, 6.45) is 11.8. The first kappa shape index (κ1) is 29.8. The number of hydrogen-bond acceptors (Lipinski definition) is 11. The number of hydrogen-bond donors (Lipinski definition) is 2. The van der Waals surface area contributed by atoms with Gasteiger partial charge < -0.3 is 20.1 Å². The smallest absolute Gasteiger partial charge is 0.186 e. The van der Waals surface area contributed by atoms with E-state index in [4.69, 9.17) is 30.5 Å². The molecule has 0 aromatic carbocycles. The largest absolute Gasteiger partial charge is 0.389 e. The lowest BCUT2D eigenvalue weighted by Crippen LogP contribution is -2.35. The number of aromatic nitrogens is 7. The van der Waals surface area contributed by atoms with E-state index >= 15 is 0 Å². The number of nitrogen functional groups attached to an aromatic ring is 1. The molecule has 5 aromatic heterocycles. The molecule has 13 heteroatoms. The van der Waals surface area contributed by atoms with E-state index in [1.54, 1.807) is 11.3 Å². The Kier molecular flexibility index (Phi) is 6.92. The molecule has 1 fully saturated rings. The van der Waals surface area contributed by atoms with E-state index in [0.717, 1.165) is 116 Å². The van der Waals surface area contributed by atoms with Gasteiger partial charge in [-0.15, -0.1) is 11.3 Å². The van der Waals surface area contributed by atoms with Gasteiger partial charge >= 0.3 is 0 Å². The Balaban J connectivity index is 1.22. The predicted molar refractivity (Wildman–Crippen MR) is 184 cm³/mol. The summed E-state index contributed by atoms with van der Waals surface area (Å²) in [6.45, 7) is 7.02. The number of aromatic amines is 1. The van der Waals surface area contributed by atoms with Gasteiger partial charge in [0, 0.05) is 40.8 Å². The summed E-state index contributed by atoms with van der Waals surface area (Å²) in [4.78, 5) is 16.6. The summed E-state index contributed by atoms with van der Waals surface area (Å²) in [5, 5.41) is 29.3. The molecule has 3 atom stereocenters. The van der Waals surface area contributed by atoms with Crippen molar-refractivity contribution in [3.63, 3.8) is 0 Å². The third-order valence-electron chi connectivity index (χ3n) is 11.7. The Bertz CT molecular complexity index is 2090. The minimum atomic E-state index is -0.401. The fourth-order valence-corrected chi connectivity index (χ4v) is 10.4. The van der Waals surface area contributed by atoms with Crippen LogP contribution in [0, 0.1) is 18.3 Å². The highest BCUT2D eigenvalue weighted by Crippen LogP contribution is 2.55. The number of rotatable bonds is 4. The number of aryl methyl sites for hydroxylation is 3. The molecule has 12 nitrogen and oxygen atoms in total. The zero-order chi connectivity index (χ0) is 32.7. The number of nitriles is 1. The van der Waals surface area contributed by atoms with E-state index in [1.807, 2.05) is 6.20 Å². The van der Waals surface area contributed by atoms with E-state index in [2.05, 4.69) is 51.6 Å². The molecule has 1 saturated heterocycles. The number of nitrogens with one attached hydrogen (secondary N) is 1. The maximum absolute atomic E-state index is 10.2. The Morgan fingerprint density at radius 3 is 2.79 bits per heavy atom. The van der Waals surface area contributed by atoms with Crippen LogP contribution >= 0.6 is 11.3 Å². The quantitative estimate of drug-likeness (QED) is 0.248. The summed E-state index contributed by atoms with van der Waals surface area (Å²) in [7, 11) is 2.21. The summed E-state index contributed by atoms with van der Waals surface area (Å²) in [6, 6.07) is 2.96. The summed E-state index contributed by atoms with van der Waals surface area (Å²) in [5.74, 6) is 2.32. The van der Waals surface area contributed by atoms with E-state index < -0.39 is 5.41 Å². The van der Waals surface area contributed by atoms with Crippen LogP contribution in [-0.2, 0) is 31.2 Å². The maximum atomic E-state index is 10.2. The number of likely N-dealkylation sites (N-methyl/N-ethyl adjacent to an activating group) is 1. The maximum Gasteiger partial charge on any atom is 0.186 e. The molecule has 3 unspecified atom stereocenters. The number of fused-ring (bicyclic) bond motifs is 6. The van der Waals surface area contributed by atoms with Gasteiger partial charge in [-0.3, -0.25) is 5.10 Å². The average Bonchev–Trinajstić information content (AvgIpc) is 3.91. The molecule has 0 saturated carbocycles. The van der Waals surface area contributed by atoms with Crippen molar-refractivity contribution in [1.82, 2.24) is 40.0 Å². The zero-order valence-electron chi connectivity index (χ0n) is 27.8. The SMILES string of the molecule is Cc1[nH]nc2c1CN(c1nc(-c3noc4c3CCCC43CCCc4sc(N)c(C#N)c43)nc3c1cnn3C(C)C1CCCN1C)CCC2. The highest BCUT2D eigenvalue weighted by Gasteiger charge is 2.49. The molecule has 7 heterocycles. The van der Waals surface area contributed by atoms with Crippen LogP contribution in [0.15, 0.2) is 10.7 Å². The van der Waals surface area contributed by atoms with E-state index in [1.165, 1.54) is 16.9 Å². The van der Waals surface area contributed by atoms with Crippen molar-refractivity contribution in [3.05, 3.63) is 50.5 Å². The molecule has 248 valence electrons. The lowest BCUT2D eigenvalue weighted by molar-refractivity contribution is 0.232. The topological polar surface area (TPSA) is 155 Å². The summed E-state index contributed by atoms with van der Waals surface area (Å²) >= 11 is 1.56. The van der Waals surface area contributed by atoms with Crippen LogP contribution in [-0.4, -0.2) is 66.2 Å². The Morgan fingerprint density at radius 1 is 1.12 bits per heavy atom. The standard InChI is InChI=1S/C35H41N11OS/c1-19-24-18-45(15-6-9-25(24)42-41-19)33-23-17-38-46(20(2)26-10-7-14-44(26)3)34(23)40-32(39-33)29-21-8-4-12-35(30(21)47-43-29)13-5-11-27-28(35)22(16-36)31(37)48-27/h17,20,26H,4-15,18,37H2,1-3H3,(H,41,42). The van der Waals surface area contributed by atoms with Crippen molar-refractivity contribution >= 4 is 33.2 Å². The number of thiophene rings is 1. The molecule has 3 N–H and O–H groups in total. The number of nitrogens with two attached hydrogens (primary N) is 1. The van der Waals surface area contributed by atoms with Gasteiger partial charge in [-0.25, -0.2) is 14.6 Å². The average molecular weight is 664 g/mol. The van der Waals surface area contributed by atoms with Gasteiger partial charge in [0.05, 0.1) is 34.3 Å². The molecule has 1 spiro atoms. The number of anilines is 2. The van der Waals surface area contributed by atoms with Gasteiger partial charge in [0.25, 0.3) is 0 Å². The Hall–Kier alpha value is -4.28. The van der Waals surface area contributed by atoms with Crippen LogP contribution in [0.1, 0.15) is 102 Å². The van der Waals surface area contributed by atoms with Crippen LogP contribution in [0.2, 0.25) is 0 Å². The van der Waals surface area contributed by atoms with Crippen molar-refractivity contribution in [3.8, 4) is 17.6 Å². The van der Waals surface area contributed by atoms with Gasteiger partial charge in [-0.05, 0) is 97.2 Å². The van der Waals surface area contributed by atoms with Crippen LogP contribution in [0.3, 0.4) is 0 Å². The monoisotopic (exact) mass is 663 g/mol. The molecule has 9 rings (SSSR count). The van der Waals surface area contributed by atoms with Crippen molar-refractivity contribution in [2.24, 2.45) is 0 Å². The number of H-pyrrole nitrogens is 1.